The average Bonchev–Trinajstić information content (AvgIpc) is 2.46. The fourth-order valence-electron chi connectivity index (χ4n) is 2.43. The van der Waals surface area contributed by atoms with E-state index in [2.05, 4.69) is 18.7 Å². The highest BCUT2D eigenvalue weighted by molar-refractivity contribution is 4.77. The number of likely N-dealkylation sites (tertiary alicyclic amines) is 2. The van der Waals surface area contributed by atoms with E-state index in [1.165, 1.54) is 0 Å². The zero-order valence-electron chi connectivity index (χ0n) is 14.4. The van der Waals surface area contributed by atoms with Gasteiger partial charge in [0.25, 0.3) is 0 Å². The first-order chi connectivity index (χ1) is 9.90. The summed E-state index contributed by atoms with van der Waals surface area (Å²) >= 11 is 0. The van der Waals surface area contributed by atoms with Crippen molar-refractivity contribution in [3.05, 3.63) is 0 Å². The number of hydrogen-bond acceptors (Lipinski definition) is 3. The van der Waals surface area contributed by atoms with Gasteiger partial charge in [-0.05, 0) is 40.2 Å². The zero-order valence-corrected chi connectivity index (χ0v) is 14.4. The van der Waals surface area contributed by atoms with Crippen molar-refractivity contribution in [3.63, 3.8) is 0 Å². The van der Waals surface area contributed by atoms with E-state index < -0.39 is 18.4 Å². The number of alkyl halides is 2. The molecule has 2 aliphatic rings. The van der Waals surface area contributed by atoms with Gasteiger partial charge in [0.1, 0.15) is 12.3 Å². The van der Waals surface area contributed by atoms with Crippen LogP contribution in [0.5, 0.6) is 0 Å². The third-order valence-electron chi connectivity index (χ3n) is 3.90. The lowest BCUT2D eigenvalue weighted by Crippen LogP contribution is -2.42. The molecule has 0 saturated carbocycles. The highest BCUT2D eigenvalue weighted by Gasteiger charge is 2.24. The van der Waals surface area contributed by atoms with Gasteiger partial charge in [0, 0.05) is 32.2 Å². The molecule has 2 fully saturated rings. The van der Waals surface area contributed by atoms with E-state index in [0.29, 0.717) is 19.0 Å². The largest absolute Gasteiger partial charge is 0.390 e. The van der Waals surface area contributed by atoms with Gasteiger partial charge < -0.3 is 14.9 Å². The molecule has 0 bridgehead atoms. The smallest absolute Gasteiger partial charge is 0.138 e. The first-order valence-electron chi connectivity index (χ1n) is 8.29. The van der Waals surface area contributed by atoms with E-state index in [1.54, 1.807) is 0 Å². The van der Waals surface area contributed by atoms with Gasteiger partial charge in [0.05, 0.1) is 6.10 Å². The fraction of sp³-hybridized carbons (Fsp3) is 1.00. The summed E-state index contributed by atoms with van der Waals surface area (Å²) < 4.78 is 25.1. The third kappa shape index (κ3) is 8.69. The quantitative estimate of drug-likeness (QED) is 0.807. The van der Waals surface area contributed by atoms with Crippen molar-refractivity contribution < 1.29 is 13.9 Å². The highest BCUT2D eigenvalue weighted by Crippen LogP contribution is 2.14. The lowest BCUT2D eigenvalue weighted by Gasteiger charge is -2.31. The second kappa shape index (κ2) is 11.3. The van der Waals surface area contributed by atoms with Gasteiger partial charge in [-0.1, -0.05) is 13.8 Å². The van der Waals surface area contributed by atoms with Crippen molar-refractivity contribution in [3.8, 4) is 0 Å². The number of aliphatic hydroxyl groups excluding tert-OH is 1. The van der Waals surface area contributed by atoms with Crippen LogP contribution in [-0.4, -0.2) is 72.6 Å². The van der Waals surface area contributed by atoms with Crippen molar-refractivity contribution in [2.75, 3.05) is 33.2 Å². The number of hydrogen-bond donors (Lipinski definition) is 1. The SMILES string of the molecule is CC.CC(C)N1CCC(F)CC1.CN1CCC(O)C(F)C1. The molecule has 1 N–H and O–H groups in total. The van der Waals surface area contributed by atoms with Crippen LogP contribution in [0, 0.1) is 0 Å². The van der Waals surface area contributed by atoms with E-state index >= 15 is 0 Å². The van der Waals surface area contributed by atoms with Crippen LogP contribution in [-0.2, 0) is 0 Å². The molecule has 2 atom stereocenters. The molecule has 0 amide bonds. The summed E-state index contributed by atoms with van der Waals surface area (Å²) in [5.41, 5.74) is 0. The Morgan fingerprint density at radius 2 is 1.52 bits per heavy atom. The average molecular weight is 308 g/mol. The molecule has 2 heterocycles. The Hall–Kier alpha value is -0.260. The summed E-state index contributed by atoms with van der Waals surface area (Å²) in [4.78, 5) is 4.22. The Balaban J connectivity index is 0.000000342. The molecule has 21 heavy (non-hydrogen) atoms. The molecule has 0 aromatic rings. The topological polar surface area (TPSA) is 26.7 Å². The molecule has 2 aliphatic heterocycles. The molecule has 0 aliphatic carbocycles. The Labute approximate surface area is 129 Å². The Bertz CT molecular complexity index is 246. The van der Waals surface area contributed by atoms with Gasteiger partial charge >= 0.3 is 0 Å². The van der Waals surface area contributed by atoms with Crippen LogP contribution in [0.4, 0.5) is 8.78 Å². The number of nitrogens with zero attached hydrogens (tertiary/aromatic N) is 2. The molecule has 128 valence electrons. The predicted octanol–water partition coefficient (Wildman–Crippen LogP) is 2.88. The van der Waals surface area contributed by atoms with Crippen LogP contribution in [0.25, 0.3) is 0 Å². The fourth-order valence-corrected chi connectivity index (χ4v) is 2.43. The molecule has 2 saturated heterocycles. The summed E-state index contributed by atoms with van der Waals surface area (Å²) in [6, 6.07) is 0.590. The summed E-state index contributed by atoms with van der Waals surface area (Å²) in [5, 5.41) is 8.89. The Kier molecular flexibility index (Phi) is 11.2. The molecule has 0 aromatic carbocycles. The number of halogens is 2. The normalized spacial score (nSPS) is 28.4. The Morgan fingerprint density at radius 3 is 1.90 bits per heavy atom. The van der Waals surface area contributed by atoms with Gasteiger partial charge in [0.2, 0.25) is 0 Å². The number of aliphatic hydroxyl groups is 1. The standard InChI is InChI=1S/C8H16FN.C6H12FNO.C2H6/c1-7(2)10-5-3-8(9)4-6-10;1-8-3-2-6(9)5(7)4-8;1-2/h7-8H,3-6H2,1-2H3;5-6,9H,2-4H2,1H3;1-2H3. The monoisotopic (exact) mass is 308 g/mol. The van der Waals surface area contributed by atoms with Crippen molar-refractivity contribution in [1.29, 1.82) is 0 Å². The maximum Gasteiger partial charge on any atom is 0.138 e. The zero-order chi connectivity index (χ0) is 16.4. The maximum absolute atomic E-state index is 12.6. The van der Waals surface area contributed by atoms with Gasteiger partial charge in [-0.15, -0.1) is 0 Å². The van der Waals surface area contributed by atoms with Gasteiger partial charge in [-0.25, -0.2) is 8.78 Å². The molecule has 0 aromatic heterocycles. The second-order valence-corrected chi connectivity index (χ2v) is 5.94. The minimum Gasteiger partial charge on any atom is -0.390 e. The molecule has 2 rings (SSSR count). The molecule has 3 nitrogen and oxygen atoms in total. The number of piperidine rings is 2. The van der Waals surface area contributed by atoms with Crippen LogP contribution in [0.3, 0.4) is 0 Å². The number of rotatable bonds is 1. The molecular weight excluding hydrogens is 274 g/mol. The van der Waals surface area contributed by atoms with Crippen molar-refractivity contribution in [1.82, 2.24) is 9.80 Å². The Morgan fingerprint density at radius 1 is 1.00 bits per heavy atom. The minimum atomic E-state index is -1.04. The van der Waals surface area contributed by atoms with Gasteiger partial charge in [-0.2, -0.15) is 0 Å². The van der Waals surface area contributed by atoms with E-state index in [0.717, 1.165) is 32.5 Å². The van der Waals surface area contributed by atoms with Crippen LogP contribution in [0.1, 0.15) is 47.0 Å². The van der Waals surface area contributed by atoms with Crippen LogP contribution >= 0.6 is 0 Å². The summed E-state index contributed by atoms with van der Waals surface area (Å²) in [6.07, 6.45) is -0.256. The molecular formula is C16H34F2N2O. The maximum atomic E-state index is 12.6. The van der Waals surface area contributed by atoms with E-state index in [9.17, 15) is 8.78 Å². The lowest BCUT2D eigenvalue weighted by molar-refractivity contribution is 0.0149. The van der Waals surface area contributed by atoms with Crippen LogP contribution < -0.4 is 0 Å². The van der Waals surface area contributed by atoms with Crippen LogP contribution in [0.2, 0.25) is 0 Å². The first kappa shape index (κ1) is 20.7. The molecule has 5 heteroatoms. The lowest BCUT2D eigenvalue weighted by atomic mass is 10.1. The minimum absolute atomic E-state index is 0.376. The van der Waals surface area contributed by atoms with E-state index in [1.807, 2.05) is 25.8 Å². The van der Waals surface area contributed by atoms with Crippen molar-refractivity contribution in [2.24, 2.45) is 0 Å². The van der Waals surface area contributed by atoms with Gasteiger partial charge in [-0.3, -0.25) is 0 Å². The summed E-state index contributed by atoms with van der Waals surface area (Å²) in [7, 11) is 1.86. The summed E-state index contributed by atoms with van der Waals surface area (Å²) in [5.74, 6) is 0. The van der Waals surface area contributed by atoms with E-state index in [-0.39, 0.29) is 0 Å². The van der Waals surface area contributed by atoms with Crippen molar-refractivity contribution >= 4 is 0 Å². The molecule has 0 radical (unpaired) electrons. The van der Waals surface area contributed by atoms with Gasteiger partial charge in [0.15, 0.2) is 0 Å². The van der Waals surface area contributed by atoms with E-state index in [4.69, 9.17) is 5.11 Å². The highest BCUT2D eigenvalue weighted by atomic mass is 19.1. The van der Waals surface area contributed by atoms with Crippen LogP contribution in [0.15, 0.2) is 0 Å². The molecule has 2 unspecified atom stereocenters. The summed E-state index contributed by atoms with van der Waals surface area (Å²) in [6.45, 7) is 11.4. The third-order valence-corrected chi connectivity index (χ3v) is 3.90. The van der Waals surface area contributed by atoms with Crippen molar-refractivity contribution in [2.45, 2.75) is 71.4 Å². The predicted molar refractivity (Wildman–Crippen MR) is 85.2 cm³/mol. The molecule has 0 spiro atoms. The first-order valence-corrected chi connectivity index (χ1v) is 8.29. The second-order valence-electron chi connectivity index (χ2n) is 5.94.